The smallest absolute Gasteiger partial charge is 0.255 e. The molecular formula is C19H18N4O. The summed E-state index contributed by atoms with van der Waals surface area (Å²) in [5.74, 6) is -0.0618. The van der Waals surface area contributed by atoms with E-state index in [-0.39, 0.29) is 12.1 Å². The van der Waals surface area contributed by atoms with Crippen LogP contribution < -0.4 is 10.6 Å². The minimum atomic E-state index is -0.268. The van der Waals surface area contributed by atoms with Gasteiger partial charge in [0.25, 0.3) is 5.91 Å². The number of benzene rings is 2. The third-order valence-electron chi connectivity index (χ3n) is 4.26. The topological polar surface area (TPSA) is 59.0 Å². The molecule has 0 saturated heterocycles. The number of fused-ring (bicyclic) bond motifs is 1. The molecule has 2 aromatic carbocycles. The molecule has 1 atom stereocenters. The van der Waals surface area contributed by atoms with E-state index in [2.05, 4.69) is 27.9 Å². The van der Waals surface area contributed by atoms with Crippen LogP contribution in [0.4, 0.5) is 5.69 Å². The third-order valence-corrected chi connectivity index (χ3v) is 4.26. The highest BCUT2D eigenvalue weighted by Gasteiger charge is 2.26. The molecular weight excluding hydrogens is 300 g/mol. The van der Waals surface area contributed by atoms with Gasteiger partial charge in [0, 0.05) is 11.8 Å². The summed E-state index contributed by atoms with van der Waals surface area (Å²) in [5, 5.41) is 10.8. The minimum Gasteiger partial charge on any atom is -0.361 e. The lowest BCUT2D eigenvalue weighted by Crippen LogP contribution is -2.38. The average Bonchev–Trinajstić information content (AvgIpc) is 3.05. The van der Waals surface area contributed by atoms with E-state index in [1.54, 1.807) is 6.20 Å². The molecule has 0 aliphatic carbocycles. The highest BCUT2D eigenvalue weighted by atomic mass is 16.2. The van der Waals surface area contributed by atoms with Gasteiger partial charge < -0.3 is 10.6 Å². The van der Waals surface area contributed by atoms with E-state index in [0.717, 1.165) is 16.8 Å². The molecule has 3 aromatic rings. The van der Waals surface area contributed by atoms with E-state index >= 15 is 0 Å². The lowest BCUT2D eigenvalue weighted by atomic mass is 10.0. The number of para-hydroxylation sites is 1. The molecule has 0 fully saturated rings. The van der Waals surface area contributed by atoms with Crippen molar-refractivity contribution in [2.24, 2.45) is 0 Å². The minimum absolute atomic E-state index is 0.0618. The first-order valence-electron chi connectivity index (χ1n) is 7.94. The van der Waals surface area contributed by atoms with Gasteiger partial charge in [0.15, 0.2) is 0 Å². The molecule has 2 N–H and O–H groups in total. The molecule has 1 amide bonds. The van der Waals surface area contributed by atoms with Gasteiger partial charge in [0.05, 0.1) is 24.0 Å². The summed E-state index contributed by atoms with van der Waals surface area (Å²) >= 11 is 0. The van der Waals surface area contributed by atoms with Gasteiger partial charge in [-0.1, -0.05) is 42.5 Å². The second-order valence-electron chi connectivity index (χ2n) is 6.01. The summed E-state index contributed by atoms with van der Waals surface area (Å²) in [5.41, 5.74) is 4.76. The Morgan fingerprint density at radius 3 is 2.75 bits per heavy atom. The van der Waals surface area contributed by atoms with Crippen molar-refractivity contribution in [1.29, 1.82) is 0 Å². The number of nitrogens with one attached hydrogen (secondary N) is 2. The average molecular weight is 318 g/mol. The van der Waals surface area contributed by atoms with Gasteiger partial charge in [-0.15, -0.1) is 0 Å². The number of nitrogens with zero attached hydrogens (tertiary/aromatic N) is 2. The number of carbonyl (C=O) groups is 1. The molecule has 0 radical (unpaired) electrons. The van der Waals surface area contributed by atoms with Crippen molar-refractivity contribution in [3.05, 3.63) is 83.2 Å². The molecule has 0 spiro atoms. The molecule has 2 heterocycles. The zero-order valence-corrected chi connectivity index (χ0v) is 13.4. The van der Waals surface area contributed by atoms with E-state index in [0.29, 0.717) is 12.1 Å². The first kappa shape index (κ1) is 14.5. The van der Waals surface area contributed by atoms with Crippen molar-refractivity contribution in [2.75, 3.05) is 5.32 Å². The predicted molar refractivity (Wildman–Crippen MR) is 92.8 cm³/mol. The molecule has 0 bridgehead atoms. The first-order chi connectivity index (χ1) is 11.7. The van der Waals surface area contributed by atoms with Crippen LogP contribution >= 0.6 is 0 Å². The normalized spacial score (nSPS) is 16.2. The number of aromatic nitrogens is 2. The van der Waals surface area contributed by atoms with Gasteiger partial charge in [-0.3, -0.25) is 9.48 Å². The van der Waals surface area contributed by atoms with E-state index in [1.165, 1.54) is 5.56 Å². The third kappa shape index (κ3) is 2.65. The fourth-order valence-electron chi connectivity index (χ4n) is 2.99. The first-order valence-corrected chi connectivity index (χ1v) is 7.94. The Hall–Kier alpha value is -3.08. The van der Waals surface area contributed by atoms with E-state index < -0.39 is 0 Å². The van der Waals surface area contributed by atoms with Crippen molar-refractivity contribution in [2.45, 2.75) is 19.6 Å². The van der Waals surface area contributed by atoms with Gasteiger partial charge in [0.1, 0.15) is 6.17 Å². The highest BCUT2D eigenvalue weighted by Crippen LogP contribution is 2.29. The van der Waals surface area contributed by atoms with Gasteiger partial charge in [-0.2, -0.15) is 5.10 Å². The van der Waals surface area contributed by atoms with Crippen LogP contribution in [0.15, 0.2) is 60.9 Å². The molecule has 24 heavy (non-hydrogen) atoms. The molecule has 1 aromatic heterocycles. The van der Waals surface area contributed by atoms with Crippen molar-refractivity contribution in [3.63, 3.8) is 0 Å². The number of amides is 1. The molecule has 1 aliphatic heterocycles. The molecule has 4 rings (SSSR count). The maximum atomic E-state index is 12.3. The predicted octanol–water partition coefficient (Wildman–Crippen LogP) is 3.09. The number of anilines is 1. The summed E-state index contributed by atoms with van der Waals surface area (Å²) in [6, 6.07) is 15.9. The maximum absolute atomic E-state index is 12.3. The lowest BCUT2D eigenvalue weighted by molar-refractivity contribution is 0.0935. The molecule has 1 aliphatic rings. The number of rotatable bonds is 3. The largest absolute Gasteiger partial charge is 0.361 e. The van der Waals surface area contributed by atoms with Crippen LogP contribution in [0.1, 0.15) is 33.2 Å². The fraction of sp³-hybridized carbons (Fsp3) is 0.158. The quantitative estimate of drug-likeness (QED) is 0.780. The Morgan fingerprint density at radius 2 is 1.92 bits per heavy atom. The van der Waals surface area contributed by atoms with Crippen molar-refractivity contribution in [3.8, 4) is 0 Å². The van der Waals surface area contributed by atoms with Crippen molar-refractivity contribution in [1.82, 2.24) is 15.1 Å². The maximum Gasteiger partial charge on any atom is 0.255 e. The summed E-state index contributed by atoms with van der Waals surface area (Å²) in [4.78, 5) is 12.3. The summed E-state index contributed by atoms with van der Waals surface area (Å²) in [7, 11) is 0. The van der Waals surface area contributed by atoms with Gasteiger partial charge >= 0.3 is 0 Å². The zero-order valence-electron chi connectivity index (χ0n) is 13.4. The highest BCUT2D eigenvalue weighted by molar-refractivity contribution is 6.02. The molecule has 5 heteroatoms. The Balaban J connectivity index is 1.57. The number of aryl methyl sites for hydroxylation is 1. The Bertz CT molecular complexity index is 885. The second-order valence-corrected chi connectivity index (χ2v) is 6.01. The van der Waals surface area contributed by atoms with Crippen LogP contribution in [0.25, 0.3) is 0 Å². The zero-order chi connectivity index (χ0) is 16.5. The fourth-order valence-corrected chi connectivity index (χ4v) is 2.99. The lowest BCUT2D eigenvalue weighted by Gasteiger charge is -2.28. The van der Waals surface area contributed by atoms with Crippen LogP contribution in [0.5, 0.6) is 0 Å². The summed E-state index contributed by atoms with van der Waals surface area (Å²) in [6.07, 6.45) is 3.49. The molecule has 120 valence electrons. The van der Waals surface area contributed by atoms with Gasteiger partial charge in [0.2, 0.25) is 0 Å². The van der Waals surface area contributed by atoms with Crippen molar-refractivity contribution >= 4 is 11.6 Å². The second kappa shape index (κ2) is 5.85. The van der Waals surface area contributed by atoms with Crippen LogP contribution in [-0.4, -0.2) is 15.7 Å². The van der Waals surface area contributed by atoms with Crippen LogP contribution in [0, 0.1) is 6.92 Å². The molecule has 0 saturated carbocycles. The van der Waals surface area contributed by atoms with E-state index in [1.807, 2.05) is 54.2 Å². The Labute approximate surface area is 140 Å². The molecule has 0 unspecified atom stereocenters. The van der Waals surface area contributed by atoms with Gasteiger partial charge in [-0.05, 0) is 24.1 Å². The Kier molecular flexibility index (Phi) is 3.54. The van der Waals surface area contributed by atoms with Crippen LogP contribution in [0.2, 0.25) is 0 Å². The molecule has 5 nitrogen and oxygen atoms in total. The van der Waals surface area contributed by atoms with Crippen LogP contribution in [-0.2, 0) is 6.54 Å². The number of carbonyl (C=O) groups excluding carboxylic acids is 1. The monoisotopic (exact) mass is 318 g/mol. The number of hydrogen-bond acceptors (Lipinski definition) is 3. The standard InChI is InChI=1S/C19H18N4O/c1-13-6-5-9-16-17(13)21-18(22-19(16)24)15-10-20-23(12-15)11-14-7-3-2-4-8-14/h2-10,12,18,21H,11H2,1H3,(H,22,24)/t18-/m0/s1. The van der Waals surface area contributed by atoms with Crippen molar-refractivity contribution < 1.29 is 4.79 Å². The summed E-state index contributed by atoms with van der Waals surface area (Å²) in [6.45, 7) is 2.71. The number of hydrogen-bond donors (Lipinski definition) is 2. The van der Waals surface area contributed by atoms with Gasteiger partial charge in [-0.25, -0.2) is 0 Å². The van der Waals surface area contributed by atoms with Crippen LogP contribution in [0.3, 0.4) is 0 Å². The Morgan fingerprint density at radius 1 is 1.08 bits per heavy atom. The summed E-state index contributed by atoms with van der Waals surface area (Å²) < 4.78 is 1.88. The SMILES string of the molecule is Cc1cccc2c1N[C@H](c1cnn(Cc3ccccc3)c1)NC2=O. The van der Waals surface area contributed by atoms with E-state index in [4.69, 9.17) is 0 Å². The van der Waals surface area contributed by atoms with E-state index in [9.17, 15) is 4.79 Å².